The highest BCUT2D eigenvalue weighted by Crippen LogP contribution is 2.28. The van der Waals surface area contributed by atoms with Crippen LogP contribution >= 0.6 is 0 Å². The molecule has 0 bridgehead atoms. The Morgan fingerprint density at radius 3 is 2.83 bits per heavy atom. The van der Waals surface area contributed by atoms with Crippen LogP contribution in [-0.4, -0.2) is 82.2 Å². The summed E-state index contributed by atoms with van der Waals surface area (Å²) in [5.74, 6) is -2.02. The molecule has 1 N–H and O–H groups in total. The number of nitrogens with one attached hydrogen (secondary N) is 1. The van der Waals surface area contributed by atoms with Gasteiger partial charge in [-0.1, -0.05) is 0 Å². The van der Waals surface area contributed by atoms with Crippen LogP contribution in [0.3, 0.4) is 0 Å². The van der Waals surface area contributed by atoms with Crippen LogP contribution in [-0.2, 0) is 29.1 Å². The minimum Gasteiger partial charge on any atom is -0.338 e. The predicted molar refractivity (Wildman–Crippen MR) is 119 cm³/mol. The Kier molecular flexibility index (Phi) is 6.84. The van der Waals surface area contributed by atoms with E-state index in [1.165, 1.54) is 35.8 Å². The average Bonchev–Trinajstić information content (AvgIpc) is 3.14. The summed E-state index contributed by atoms with van der Waals surface area (Å²) in [6, 6.07) is 3.12. The fourth-order valence-corrected chi connectivity index (χ4v) is 4.09. The van der Waals surface area contributed by atoms with Crippen molar-refractivity contribution in [2.24, 2.45) is 0 Å². The van der Waals surface area contributed by atoms with Gasteiger partial charge in [0, 0.05) is 38.3 Å². The normalized spacial score (nSPS) is 17.2. The Morgan fingerprint density at radius 2 is 2.14 bits per heavy atom. The van der Waals surface area contributed by atoms with Crippen molar-refractivity contribution in [3.8, 4) is 0 Å². The standard InChI is InChI=1S/C22H22F3N7O4/c1-26-16-8-12(4-5-14(16)23)27-22(35)31-7-6-15-13(9-31)19-21(34)30(3)36-17(10-32(19)28-15)20(33)29(2)11-18(24)25/h4-5,8,17-18H,6-7,9-11H2,2-3H3,(H,27,35). The number of hydroxylamine groups is 2. The quantitative estimate of drug-likeness (QED) is 0.643. The molecule has 190 valence electrons. The van der Waals surface area contributed by atoms with Crippen molar-refractivity contribution in [2.45, 2.75) is 32.0 Å². The second-order valence-electron chi connectivity index (χ2n) is 8.34. The van der Waals surface area contributed by atoms with Crippen molar-refractivity contribution < 1.29 is 32.4 Å². The van der Waals surface area contributed by atoms with Gasteiger partial charge in [-0.15, -0.1) is 0 Å². The summed E-state index contributed by atoms with van der Waals surface area (Å²) in [5, 5.41) is 7.92. The van der Waals surface area contributed by atoms with Crippen LogP contribution < -0.4 is 5.32 Å². The van der Waals surface area contributed by atoms with E-state index >= 15 is 0 Å². The van der Waals surface area contributed by atoms with Crippen molar-refractivity contribution in [2.75, 3.05) is 32.5 Å². The molecule has 0 spiro atoms. The van der Waals surface area contributed by atoms with Gasteiger partial charge in [0.1, 0.15) is 11.5 Å². The summed E-state index contributed by atoms with van der Waals surface area (Å²) >= 11 is 0. The van der Waals surface area contributed by atoms with Crippen molar-refractivity contribution in [1.82, 2.24) is 24.6 Å². The maximum Gasteiger partial charge on any atom is 0.322 e. The van der Waals surface area contributed by atoms with E-state index in [0.29, 0.717) is 17.7 Å². The minimum absolute atomic E-state index is 0.0247. The monoisotopic (exact) mass is 505 g/mol. The largest absolute Gasteiger partial charge is 0.338 e. The number of nitrogens with zero attached hydrogens (tertiary/aromatic N) is 6. The van der Waals surface area contributed by atoms with Crippen molar-refractivity contribution in [3.05, 3.63) is 52.4 Å². The van der Waals surface area contributed by atoms with Crippen molar-refractivity contribution in [3.63, 3.8) is 0 Å². The highest BCUT2D eigenvalue weighted by atomic mass is 19.3. The highest BCUT2D eigenvalue weighted by molar-refractivity contribution is 5.95. The van der Waals surface area contributed by atoms with Gasteiger partial charge in [0.2, 0.25) is 5.69 Å². The van der Waals surface area contributed by atoms with Gasteiger partial charge in [-0.05, 0) is 18.2 Å². The van der Waals surface area contributed by atoms with Crippen LogP contribution in [0.2, 0.25) is 0 Å². The van der Waals surface area contributed by atoms with Gasteiger partial charge in [-0.3, -0.25) is 19.1 Å². The van der Waals surface area contributed by atoms with E-state index in [-0.39, 0.29) is 36.7 Å². The molecule has 2 aliphatic rings. The summed E-state index contributed by atoms with van der Waals surface area (Å²) in [6.07, 6.45) is -3.65. The molecular formula is C22H22F3N7O4. The number of carbonyl (C=O) groups excluding carboxylic acids is 3. The Morgan fingerprint density at radius 1 is 1.39 bits per heavy atom. The van der Waals surface area contributed by atoms with E-state index in [9.17, 15) is 27.6 Å². The molecular weight excluding hydrogens is 483 g/mol. The predicted octanol–water partition coefficient (Wildman–Crippen LogP) is 2.27. The third kappa shape index (κ3) is 4.82. The Labute approximate surface area is 203 Å². The molecule has 0 radical (unpaired) electrons. The lowest BCUT2D eigenvalue weighted by Gasteiger charge is -2.27. The van der Waals surface area contributed by atoms with Gasteiger partial charge in [0.15, 0.2) is 6.10 Å². The van der Waals surface area contributed by atoms with E-state index in [0.717, 1.165) is 16.0 Å². The van der Waals surface area contributed by atoms with Gasteiger partial charge in [0.25, 0.3) is 18.2 Å². The van der Waals surface area contributed by atoms with Crippen LogP contribution in [0, 0.1) is 12.4 Å². The molecule has 1 atom stereocenters. The number of amides is 4. The van der Waals surface area contributed by atoms with Crippen molar-refractivity contribution >= 4 is 29.2 Å². The number of urea groups is 1. The lowest BCUT2D eigenvalue weighted by molar-refractivity contribution is -0.177. The first-order valence-electron chi connectivity index (χ1n) is 10.9. The number of alkyl halides is 2. The van der Waals surface area contributed by atoms with Gasteiger partial charge in [0.05, 0.1) is 31.9 Å². The number of halogens is 3. The summed E-state index contributed by atoms with van der Waals surface area (Å²) in [7, 11) is 2.53. The first-order valence-corrected chi connectivity index (χ1v) is 10.9. The molecule has 1 aromatic heterocycles. The molecule has 1 aromatic carbocycles. The fraction of sp³-hybridized carbons (Fsp3) is 0.409. The molecule has 0 saturated carbocycles. The first kappa shape index (κ1) is 25.0. The number of hydrogen-bond acceptors (Lipinski definition) is 5. The lowest BCUT2D eigenvalue weighted by Crippen LogP contribution is -2.44. The number of likely N-dealkylation sites (N-methyl/N-ethyl adjacent to an activating group) is 1. The smallest absolute Gasteiger partial charge is 0.322 e. The number of hydrogen-bond donors (Lipinski definition) is 1. The topological polar surface area (TPSA) is 104 Å². The molecule has 4 rings (SSSR count). The van der Waals surface area contributed by atoms with E-state index in [1.807, 2.05) is 0 Å². The van der Waals surface area contributed by atoms with Crippen LogP contribution in [0.1, 0.15) is 21.7 Å². The molecule has 0 aliphatic carbocycles. The molecule has 0 saturated heterocycles. The molecule has 0 fully saturated rings. The van der Waals surface area contributed by atoms with E-state index in [2.05, 4.69) is 15.3 Å². The second-order valence-corrected chi connectivity index (χ2v) is 8.34. The molecule has 4 amide bonds. The van der Waals surface area contributed by atoms with Crippen LogP contribution in [0.25, 0.3) is 4.85 Å². The van der Waals surface area contributed by atoms with Crippen LogP contribution in [0.5, 0.6) is 0 Å². The number of benzene rings is 1. The zero-order chi connectivity index (χ0) is 26.1. The van der Waals surface area contributed by atoms with E-state index in [4.69, 9.17) is 11.4 Å². The molecule has 3 heterocycles. The third-order valence-corrected chi connectivity index (χ3v) is 5.88. The fourth-order valence-electron chi connectivity index (χ4n) is 4.09. The number of fused-ring (bicyclic) bond motifs is 3. The highest BCUT2D eigenvalue weighted by Gasteiger charge is 2.38. The van der Waals surface area contributed by atoms with Crippen molar-refractivity contribution in [1.29, 1.82) is 0 Å². The molecule has 14 heteroatoms. The lowest BCUT2D eigenvalue weighted by atomic mass is 10.1. The maximum absolute atomic E-state index is 13.6. The Hall–Kier alpha value is -4.12. The summed E-state index contributed by atoms with van der Waals surface area (Å²) in [6.45, 7) is 6.34. The number of anilines is 1. The average molecular weight is 505 g/mol. The molecule has 2 aromatic rings. The number of carbonyl (C=O) groups is 3. The third-order valence-electron chi connectivity index (χ3n) is 5.88. The second kappa shape index (κ2) is 9.86. The van der Waals surface area contributed by atoms with Crippen LogP contribution in [0.4, 0.5) is 29.3 Å². The molecule has 2 aliphatic heterocycles. The van der Waals surface area contributed by atoms with Gasteiger partial charge in [-0.2, -0.15) is 5.10 Å². The minimum atomic E-state index is -2.73. The zero-order valence-electron chi connectivity index (χ0n) is 19.4. The Balaban J connectivity index is 1.55. The SMILES string of the molecule is [C-]#[N+]c1cc(NC(=O)N2CCc3nn4c(c3C2)C(=O)N(C)OC(C(=O)N(C)CC(F)F)C4)ccc1F. The van der Waals surface area contributed by atoms with Gasteiger partial charge >= 0.3 is 6.03 Å². The number of rotatable bonds is 4. The van der Waals surface area contributed by atoms with Gasteiger partial charge < -0.3 is 15.1 Å². The van der Waals surface area contributed by atoms with E-state index < -0.39 is 42.7 Å². The molecule has 36 heavy (non-hydrogen) atoms. The first-order chi connectivity index (χ1) is 17.1. The van der Waals surface area contributed by atoms with E-state index in [1.54, 1.807) is 0 Å². The summed E-state index contributed by atoms with van der Waals surface area (Å²) < 4.78 is 40.4. The van der Waals surface area contributed by atoms with Crippen LogP contribution in [0.15, 0.2) is 18.2 Å². The maximum atomic E-state index is 13.6. The van der Waals surface area contributed by atoms with Gasteiger partial charge in [-0.25, -0.2) is 27.9 Å². The molecule has 11 nitrogen and oxygen atoms in total. The summed E-state index contributed by atoms with van der Waals surface area (Å²) in [4.78, 5) is 49.4. The molecule has 1 unspecified atom stereocenters. The Bertz CT molecular complexity index is 1260. The number of aromatic nitrogens is 2. The zero-order valence-corrected chi connectivity index (χ0v) is 19.4. The summed E-state index contributed by atoms with van der Waals surface area (Å²) in [5.41, 5.74) is 1.20.